The van der Waals surface area contributed by atoms with Crippen molar-refractivity contribution in [3.63, 3.8) is 0 Å². The maximum atomic E-state index is 4.22. The van der Waals surface area contributed by atoms with Crippen LogP contribution in [0.1, 0.15) is 34.6 Å². The fourth-order valence-electron chi connectivity index (χ4n) is 1.67. The molecule has 0 fully saturated rings. The minimum atomic E-state index is 0. The van der Waals surface area contributed by atoms with Gasteiger partial charge in [0.25, 0.3) is 0 Å². The molecule has 0 amide bonds. The van der Waals surface area contributed by atoms with Gasteiger partial charge in [-0.2, -0.15) is 0 Å². The Labute approximate surface area is 91.0 Å². The van der Waals surface area contributed by atoms with Crippen molar-refractivity contribution in [2.24, 2.45) is 5.41 Å². The van der Waals surface area contributed by atoms with E-state index in [2.05, 4.69) is 41.5 Å². The predicted octanol–water partition coefficient (Wildman–Crippen LogP) is 3.51. The van der Waals surface area contributed by atoms with Crippen LogP contribution in [0.3, 0.4) is 0 Å². The van der Waals surface area contributed by atoms with Crippen LogP contribution in [0.25, 0.3) is 0 Å². The van der Waals surface area contributed by atoms with Gasteiger partial charge in [0.05, 0.1) is 0 Å². The number of hydrogen-bond donors (Lipinski definition) is 0. The van der Waals surface area contributed by atoms with Crippen molar-refractivity contribution in [2.75, 3.05) is 0 Å². The standard InChI is InChI=1S/C11H17.Ti/c1-7-8(2)10(4)11(5,6)9(7)3;/h5H2,1-4,6H3;/q-1;. The molecule has 0 aromatic rings. The van der Waals surface area contributed by atoms with Crippen LogP contribution in [-0.4, -0.2) is 0 Å². The molecule has 0 N–H and O–H groups in total. The monoisotopic (exact) mass is 197 g/mol. The van der Waals surface area contributed by atoms with E-state index in [1.165, 1.54) is 22.3 Å². The molecular weight excluding hydrogens is 180 g/mol. The van der Waals surface area contributed by atoms with Crippen LogP contribution in [-0.2, 0) is 21.7 Å². The minimum Gasteiger partial charge on any atom is -0.329 e. The molecule has 0 aromatic heterocycles. The molecular formula is C11H17Ti-. The summed E-state index contributed by atoms with van der Waals surface area (Å²) in [5.74, 6) is 0. The molecule has 1 heteroatoms. The fourth-order valence-corrected chi connectivity index (χ4v) is 1.67. The normalized spacial score (nSPS) is 21.5. The Bertz CT molecular complexity index is 228. The van der Waals surface area contributed by atoms with Crippen molar-refractivity contribution in [2.45, 2.75) is 34.6 Å². The summed E-state index contributed by atoms with van der Waals surface area (Å²) in [4.78, 5) is 0. The Morgan fingerprint density at radius 3 is 1.25 bits per heavy atom. The summed E-state index contributed by atoms with van der Waals surface area (Å²) >= 11 is 0. The minimum absolute atomic E-state index is 0. The molecule has 0 aliphatic heterocycles. The smallest absolute Gasteiger partial charge is 0 e. The van der Waals surface area contributed by atoms with Crippen molar-refractivity contribution < 1.29 is 21.7 Å². The molecule has 1 rings (SSSR count). The summed E-state index contributed by atoms with van der Waals surface area (Å²) in [5.41, 5.74) is 5.77. The Hall–Kier alpha value is 0.194. The zero-order valence-corrected chi connectivity index (χ0v) is 10.3. The third kappa shape index (κ3) is 1.47. The third-order valence-corrected chi connectivity index (χ3v) is 3.34. The van der Waals surface area contributed by atoms with Crippen LogP contribution in [0, 0.1) is 12.3 Å². The molecule has 0 atom stereocenters. The van der Waals surface area contributed by atoms with Crippen LogP contribution in [0.4, 0.5) is 0 Å². The average molecular weight is 197 g/mol. The molecule has 0 aromatic carbocycles. The Kier molecular flexibility index (Phi) is 3.57. The number of rotatable bonds is 0. The van der Waals surface area contributed by atoms with Crippen molar-refractivity contribution in [3.8, 4) is 0 Å². The first kappa shape index (κ1) is 12.2. The maximum absolute atomic E-state index is 4.22. The second-order valence-corrected chi connectivity index (χ2v) is 3.83. The van der Waals surface area contributed by atoms with E-state index in [1.807, 2.05) is 0 Å². The average Bonchev–Trinajstić information content (AvgIpc) is 2.06. The Morgan fingerprint density at radius 2 is 1.17 bits per heavy atom. The van der Waals surface area contributed by atoms with Gasteiger partial charge in [0.2, 0.25) is 0 Å². The van der Waals surface area contributed by atoms with Crippen molar-refractivity contribution >= 4 is 0 Å². The first-order valence-corrected chi connectivity index (χ1v) is 4.10. The third-order valence-electron chi connectivity index (χ3n) is 3.34. The van der Waals surface area contributed by atoms with Gasteiger partial charge in [-0.3, -0.25) is 0 Å². The predicted molar refractivity (Wildman–Crippen MR) is 50.2 cm³/mol. The van der Waals surface area contributed by atoms with Crippen LogP contribution < -0.4 is 0 Å². The Morgan fingerprint density at radius 1 is 0.917 bits per heavy atom. The van der Waals surface area contributed by atoms with E-state index < -0.39 is 0 Å². The molecule has 0 saturated carbocycles. The zero-order valence-electron chi connectivity index (χ0n) is 8.71. The van der Waals surface area contributed by atoms with Gasteiger partial charge in [-0.15, -0.1) is 5.41 Å². The SMILES string of the molecule is [CH2-]C1(C)C(C)=C(C)C(C)=C1C.[Ti]. The zero-order chi connectivity index (χ0) is 8.81. The van der Waals surface area contributed by atoms with Crippen molar-refractivity contribution in [3.05, 3.63) is 29.2 Å². The van der Waals surface area contributed by atoms with E-state index in [-0.39, 0.29) is 27.1 Å². The molecule has 0 nitrogen and oxygen atoms in total. The van der Waals surface area contributed by atoms with E-state index in [1.54, 1.807) is 0 Å². The second kappa shape index (κ2) is 3.51. The summed E-state index contributed by atoms with van der Waals surface area (Å²) in [6, 6.07) is 0. The summed E-state index contributed by atoms with van der Waals surface area (Å²) < 4.78 is 0. The maximum Gasteiger partial charge on any atom is 0 e. The van der Waals surface area contributed by atoms with E-state index in [9.17, 15) is 0 Å². The molecule has 0 saturated heterocycles. The summed E-state index contributed by atoms with van der Waals surface area (Å²) in [6.07, 6.45) is 0. The van der Waals surface area contributed by atoms with Crippen molar-refractivity contribution in [1.82, 2.24) is 0 Å². The largest absolute Gasteiger partial charge is 0.329 e. The topological polar surface area (TPSA) is 0 Å². The van der Waals surface area contributed by atoms with Gasteiger partial charge in [0, 0.05) is 21.7 Å². The number of hydrogen-bond acceptors (Lipinski definition) is 0. The quantitative estimate of drug-likeness (QED) is 0.411. The number of allylic oxidation sites excluding steroid dienone is 4. The first-order chi connectivity index (χ1) is 4.89. The molecule has 1 aliphatic carbocycles. The molecule has 1 aliphatic rings. The molecule has 66 valence electrons. The van der Waals surface area contributed by atoms with Crippen LogP contribution in [0.15, 0.2) is 22.3 Å². The Balaban J connectivity index is 0.00000121. The van der Waals surface area contributed by atoms with E-state index in [4.69, 9.17) is 0 Å². The van der Waals surface area contributed by atoms with E-state index >= 15 is 0 Å². The first-order valence-electron chi connectivity index (χ1n) is 4.10. The molecule has 12 heavy (non-hydrogen) atoms. The molecule has 0 bridgehead atoms. The fraction of sp³-hybridized carbons (Fsp3) is 0.545. The summed E-state index contributed by atoms with van der Waals surface area (Å²) in [7, 11) is 0. The molecule has 0 unspecified atom stereocenters. The van der Waals surface area contributed by atoms with Crippen molar-refractivity contribution in [1.29, 1.82) is 0 Å². The molecule has 0 spiro atoms. The van der Waals surface area contributed by atoms with Gasteiger partial charge < -0.3 is 6.92 Å². The van der Waals surface area contributed by atoms with Gasteiger partial charge in [0.1, 0.15) is 0 Å². The van der Waals surface area contributed by atoms with Gasteiger partial charge in [-0.25, -0.2) is 0 Å². The van der Waals surface area contributed by atoms with E-state index in [0.717, 1.165) is 0 Å². The van der Waals surface area contributed by atoms with Gasteiger partial charge in [-0.1, -0.05) is 29.2 Å². The van der Waals surface area contributed by atoms with Gasteiger partial charge in [-0.05, 0) is 27.7 Å². The van der Waals surface area contributed by atoms with Crippen LogP contribution >= 0.6 is 0 Å². The second-order valence-electron chi connectivity index (χ2n) is 3.83. The molecule has 0 heterocycles. The van der Waals surface area contributed by atoms with Gasteiger partial charge >= 0.3 is 0 Å². The molecule has 0 radical (unpaired) electrons. The summed E-state index contributed by atoms with van der Waals surface area (Å²) in [5, 5.41) is 0. The summed E-state index contributed by atoms with van der Waals surface area (Å²) in [6.45, 7) is 15.1. The van der Waals surface area contributed by atoms with Crippen LogP contribution in [0.2, 0.25) is 0 Å². The van der Waals surface area contributed by atoms with E-state index in [0.29, 0.717) is 0 Å². The van der Waals surface area contributed by atoms with Crippen LogP contribution in [0.5, 0.6) is 0 Å². The van der Waals surface area contributed by atoms with Gasteiger partial charge in [0.15, 0.2) is 0 Å².